The van der Waals surface area contributed by atoms with E-state index in [1.165, 1.54) is 16.2 Å². The van der Waals surface area contributed by atoms with Gasteiger partial charge in [-0.05, 0) is 38.1 Å². The maximum absolute atomic E-state index is 12.1. The van der Waals surface area contributed by atoms with Crippen molar-refractivity contribution in [2.75, 3.05) is 32.1 Å². The van der Waals surface area contributed by atoms with E-state index in [0.29, 0.717) is 36.2 Å². The lowest BCUT2D eigenvalue weighted by Crippen LogP contribution is -2.48. The van der Waals surface area contributed by atoms with E-state index in [1.807, 2.05) is 6.92 Å². The molecule has 1 aliphatic heterocycles. The number of aromatic nitrogens is 4. The van der Waals surface area contributed by atoms with Crippen molar-refractivity contribution in [1.82, 2.24) is 24.8 Å². The minimum atomic E-state index is -0.0723. The molecule has 0 spiro atoms. The number of thiazole rings is 1. The van der Waals surface area contributed by atoms with E-state index in [9.17, 15) is 4.79 Å². The normalized spacial score (nSPS) is 18.6. The Morgan fingerprint density at radius 1 is 1.19 bits per heavy atom. The van der Waals surface area contributed by atoms with Crippen molar-refractivity contribution >= 4 is 23.2 Å². The van der Waals surface area contributed by atoms with Gasteiger partial charge in [0.05, 0.1) is 29.1 Å². The van der Waals surface area contributed by atoms with Crippen molar-refractivity contribution < 1.29 is 14.3 Å². The molecule has 0 saturated carbocycles. The standard InChI is InChI=1S/C21H24N6O3S/c1-13-11-29-14(2)10-27(13)20-23-18(17-9-22-12-31-17)24-21(25-20)30-16-7-5-15(6-8-16)19(28)26(3)4/h5-9,12-14H,10-11H2,1-4H3. The fourth-order valence-corrected chi connectivity index (χ4v) is 3.72. The summed E-state index contributed by atoms with van der Waals surface area (Å²) < 4.78 is 11.7. The van der Waals surface area contributed by atoms with Crippen LogP contribution in [0.3, 0.4) is 0 Å². The molecule has 0 radical (unpaired) electrons. The lowest BCUT2D eigenvalue weighted by atomic mass is 10.2. The van der Waals surface area contributed by atoms with Crippen molar-refractivity contribution in [1.29, 1.82) is 0 Å². The number of anilines is 1. The van der Waals surface area contributed by atoms with Gasteiger partial charge in [0.25, 0.3) is 5.91 Å². The molecule has 1 amide bonds. The van der Waals surface area contributed by atoms with Crippen molar-refractivity contribution in [2.45, 2.75) is 26.0 Å². The number of hydrogen-bond donors (Lipinski definition) is 0. The van der Waals surface area contributed by atoms with E-state index in [2.05, 4.69) is 31.8 Å². The zero-order chi connectivity index (χ0) is 22.0. The molecule has 2 aromatic heterocycles. The van der Waals surface area contributed by atoms with Gasteiger partial charge in [0, 0.05) is 32.4 Å². The summed E-state index contributed by atoms with van der Waals surface area (Å²) in [6.45, 7) is 5.37. The molecule has 1 aliphatic rings. The maximum Gasteiger partial charge on any atom is 0.327 e. The summed E-state index contributed by atoms with van der Waals surface area (Å²) in [6.07, 6.45) is 1.80. The van der Waals surface area contributed by atoms with Gasteiger partial charge in [-0.3, -0.25) is 9.78 Å². The monoisotopic (exact) mass is 440 g/mol. The van der Waals surface area contributed by atoms with Gasteiger partial charge in [-0.1, -0.05) is 0 Å². The summed E-state index contributed by atoms with van der Waals surface area (Å²) in [6, 6.07) is 7.20. The van der Waals surface area contributed by atoms with Gasteiger partial charge >= 0.3 is 6.01 Å². The summed E-state index contributed by atoms with van der Waals surface area (Å²) >= 11 is 1.45. The summed E-state index contributed by atoms with van der Waals surface area (Å²) in [7, 11) is 3.43. The molecule has 3 aromatic rings. The van der Waals surface area contributed by atoms with Gasteiger partial charge in [0.15, 0.2) is 5.82 Å². The second-order valence-electron chi connectivity index (χ2n) is 7.58. The predicted octanol–water partition coefficient (Wildman–Crippen LogP) is 3.10. The summed E-state index contributed by atoms with van der Waals surface area (Å²) in [5, 5.41) is 0. The first kappa shape index (κ1) is 21.1. The first-order chi connectivity index (χ1) is 14.9. The Balaban J connectivity index is 1.65. The van der Waals surface area contributed by atoms with Crippen LogP contribution in [-0.2, 0) is 4.74 Å². The molecule has 1 saturated heterocycles. The number of hydrogen-bond acceptors (Lipinski definition) is 9. The van der Waals surface area contributed by atoms with Crippen LogP contribution in [0, 0.1) is 0 Å². The highest BCUT2D eigenvalue weighted by Crippen LogP contribution is 2.28. The van der Waals surface area contributed by atoms with Crippen LogP contribution in [0.15, 0.2) is 36.0 Å². The number of benzene rings is 1. The molecular weight excluding hydrogens is 416 g/mol. The van der Waals surface area contributed by atoms with E-state index in [1.54, 1.807) is 50.1 Å². The van der Waals surface area contributed by atoms with E-state index < -0.39 is 0 Å². The van der Waals surface area contributed by atoms with Gasteiger partial charge in [-0.25, -0.2) is 0 Å². The van der Waals surface area contributed by atoms with Crippen LogP contribution < -0.4 is 9.64 Å². The second kappa shape index (κ2) is 8.94. The second-order valence-corrected chi connectivity index (χ2v) is 8.46. The molecule has 10 heteroatoms. The zero-order valence-corrected chi connectivity index (χ0v) is 18.7. The highest BCUT2D eigenvalue weighted by molar-refractivity contribution is 7.13. The highest BCUT2D eigenvalue weighted by atomic mass is 32.1. The quantitative estimate of drug-likeness (QED) is 0.597. The van der Waals surface area contributed by atoms with Crippen LogP contribution in [0.5, 0.6) is 11.8 Å². The van der Waals surface area contributed by atoms with Crippen molar-refractivity contribution in [2.24, 2.45) is 0 Å². The molecule has 4 rings (SSSR count). The average Bonchev–Trinajstić information content (AvgIpc) is 3.30. The number of morpholine rings is 1. The van der Waals surface area contributed by atoms with Crippen molar-refractivity contribution in [3.05, 3.63) is 41.5 Å². The van der Waals surface area contributed by atoms with Crippen molar-refractivity contribution in [3.63, 3.8) is 0 Å². The van der Waals surface area contributed by atoms with Crippen LogP contribution in [0.25, 0.3) is 10.7 Å². The predicted molar refractivity (Wildman–Crippen MR) is 118 cm³/mol. The third-order valence-corrected chi connectivity index (χ3v) is 5.61. The lowest BCUT2D eigenvalue weighted by Gasteiger charge is -2.36. The van der Waals surface area contributed by atoms with Crippen molar-refractivity contribution in [3.8, 4) is 22.5 Å². The Kier molecular flexibility index (Phi) is 6.10. The number of carbonyl (C=O) groups is 1. The fourth-order valence-electron chi connectivity index (χ4n) is 3.17. The summed E-state index contributed by atoms with van der Waals surface area (Å²) in [4.78, 5) is 34.4. The smallest absolute Gasteiger partial charge is 0.327 e. The fraction of sp³-hybridized carbons (Fsp3) is 0.381. The summed E-state index contributed by atoms with van der Waals surface area (Å²) in [5.41, 5.74) is 2.31. The zero-order valence-electron chi connectivity index (χ0n) is 17.8. The van der Waals surface area contributed by atoms with Crippen LogP contribution in [0.2, 0.25) is 0 Å². The Morgan fingerprint density at radius 2 is 1.97 bits per heavy atom. The van der Waals surface area contributed by atoms with E-state index in [0.717, 1.165) is 4.88 Å². The van der Waals surface area contributed by atoms with Crippen LogP contribution >= 0.6 is 11.3 Å². The first-order valence-electron chi connectivity index (χ1n) is 9.93. The van der Waals surface area contributed by atoms with Crippen LogP contribution in [-0.4, -0.2) is 70.1 Å². The molecule has 2 atom stereocenters. The molecule has 1 fully saturated rings. The van der Waals surface area contributed by atoms with Gasteiger partial charge in [0.2, 0.25) is 5.95 Å². The molecule has 31 heavy (non-hydrogen) atoms. The van der Waals surface area contributed by atoms with Crippen LogP contribution in [0.1, 0.15) is 24.2 Å². The number of ether oxygens (including phenoxy) is 2. The number of rotatable bonds is 5. The van der Waals surface area contributed by atoms with E-state index in [-0.39, 0.29) is 24.1 Å². The number of carbonyl (C=O) groups excluding carboxylic acids is 1. The SMILES string of the molecule is CC1CN(c2nc(Oc3ccc(C(=O)N(C)C)cc3)nc(-c3cncs3)n2)C(C)CO1. The molecule has 2 unspecified atom stereocenters. The van der Waals surface area contributed by atoms with Gasteiger partial charge in [0.1, 0.15) is 5.75 Å². The highest BCUT2D eigenvalue weighted by Gasteiger charge is 2.27. The number of amides is 1. The first-order valence-corrected chi connectivity index (χ1v) is 10.8. The van der Waals surface area contributed by atoms with Gasteiger partial charge in [-0.2, -0.15) is 15.0 Å². The third kappa shape index (κ3) is 4.80. The lowest BCUT2D eigenvalue weighted by molar-refractivity contribution is 0.0336. The Labute approximate surface area is 184 Å². The third-order valence-electron chi connectivity index (χ3n) is 4.84. The van der Waals surface area contributed by atoms with E-state index in [4.69, 9.17) is 9.47 Å². The molecule has 3 heterocycles. The Hall–Kier alpha value is -3.11. The molecule has 0 N–H and O–H groups in total. The minimum Gasteiger partial charge on any atom is -0.424 e. The molecular formula is C21H24N6O3S. The average molecular weight is 441 g/mol. The Morgan fingerprint density at radius 3 is 2.65 bits per heavy atom. The molecule has 1 aromatic carbocycles. The molecule has 9 nitrogen and oxygen atoms in total. The van der Waals surface area contributed by atoms with Crippen LogP contribution in [0.4, 0.5) is 5.95 Å². The Bertz CT molecular complexity index is 1040. The largest absolute Gasteiger partial charge is 0.424 e. The van der Waals surface area contributed by atoms with Gasteiger partial charge in [-0.15, -0.1) is 11.3 Å². The minimum absolute atomic E-state index is 0.0723. The molecule has 162 valence electrons. The van der Waals surface area contributed by atoms with Gasteiger partial charge < -0.3 is 19.3 Å². The molecule has 0 aliphatic carbocycles. The molecule has 0 bridgehead atoms. The maximum atomic E-state index is 12.1. The number of nitrogens with zero attached hydrogens (tertiary/aromatic N) is 6. The topological polar surface area (TPSA) is 93.6 Å². The van der Waals surface area contributed by atoms with E-state index >= 15 is 0 Å². The summed E-state index contributed by atoms with van der Waals surface area (Å²) in [5.74, 6) is 1.51.